The smallest absolute Gasteiger partial charge is 0.239 e. The summed E-state index contributed by atoms with van der Waals surface area (Å²) in [6, 6.07) is 3.70. The van der Waals surface area contributed by atoms with Crippen molar-refractivity contribution in [2.45, 2.75) is 50.5 Å². The minimum absolute atomic E-state index is 0.0313. The molecule has 3 rings (SSSR count). The van der Waals surface area contributed by atoms with Crippen molar-refractivity contribution < 1.29 is 18.4 Å². The van der Waals surface area contributed by atoms with Crippen molar-refractivity contribution in [1.29, 1.82) is 0 Å². The Bertz CT molecular complexity index is 683. The van der Waals surface area contributed by atoms with Crippen LogP contribution in [0.15, 0.2) is 18.2 Å². The standard InChI is InChI=1S/C20H27F2N3O2/c21-16-7-6-14(11-17(16)22)15-8-9-23-12-18(15)24-19(26)13-25-10-4-2-1-3-5-20(25)27/h6-7,11,15,18,23H,1-5,8-10,12-13H2,(H,24,26). The molecule has 2 aliphatic heterocycles. The molecule has 0 saturated carbocycles. The monoisotopic (exact) mass is 379 g/mol. The van der Waals surface area contributed by atoms with E-state index in [1.54, 1.807) is 11.0 Å². The largest absolute Gasteiger partial charge is 0.350 e. The van der Waals surface area contributed by atoms with E-state index >= 15 is 0 Å². The van der Waals surface area contributed by atoms with Gasteiger partial charge in [0.25, 0.3) is 0 Å². The molecule has 0 radical (unpaired) electrons. The number of rotatable bonds is 4. The van der Waals surface area contributed by atoms with Gasteiger partial charge in [-0.05, 0) is 43.5 Å². The predicted octanol–water partition coefficient (Wildman–Crippen LogP) is 2.32. The van der Waals surface area contributed by atoms with Gasteiger partial charge in [-0.2, -0.15) is 0 Å². The Labute approximate surface area is 158 Å². The number of carbonyl (C=O) groups excluding carboxylic acids is 2. The molecule has 2 unspecified atom stereocenters. The van der Waals surface area contributed by atoms with E-state index in [0.717, 1.165) is 44.7 Å². The van der Waals surface area contributed by atoms with Crippen molar-refractivity contribution >= 4 is 11.8 Å². The van der Waals surface area contributed by atoms with Gasteiger partial charge in [-0.1, -0.05) is 18.9 Å². The highest BCUT2D eigenvalue weighted by molar-refractivity contribution is 5.85. The summed E-state index contributed by atoms with van der Waals surface area (Å²) in [5.41, 5.74) is 0.683. The summed E-state index contributed by atoms with van der Waals surface area (Å²) in [7, 11) is 0. The van der Waals surface area contributed by atoms with Crippen LogP contribution in [0.3, 0.4) is 0 Å². The second-order valence-corrected chi connectivity index (χ2v) is 7.43. The van der Waals surface area contributed by atoms with Crippen LogP contribution in [0.25, 0.3) is 0 Å². The number of benzene rings is 1. The Balaban J connectivity index is 1.63. The molecule has 1 aromatic carbocycles. The van der Waals surface area contributed by atoms with E-state index in [1.807, 2.05) is 0 Å². The third kappa shape index (κ3) is 5.25. The summed E-state index contributed by atoms with van der Waals surface area (Å²) >= 11 is 0. The average molecular weight is 379 g/mol. The van der Waals surface area contributed by atoms with Gasteiger partial charge in [-0.3, -0.25) is 9.59 Å². The van der Waals surface area contributed by atoms with Gasteiger partial charge in [0.2, 0.25) is 11.8 Å². The van der Waals surface area contributed by atoms with Gasteiger partial charge >= 0.3 is 0 Å². The molecule has 7 heteroatoms. The van der Waals surface area contributed by atoms with E-state index < -0.39 is 11.6 Å². The molecule has 1 aromatic rings. The number of hydrogen-bond donors (Lipinski definition) is 2. The van der Waals surface area contributed by atoms with Crippen LogP contribution in [-0.4, -0.2) is 48.9 Å². The van der Waals surface area contributed by atoms with Crippen molar-refractivity contribution in [2.24, 2.45) is 0 Å². The normalized spacial score (nSPS) is 24.2. The van der Waals surface area contributed by atoms with E-state index in [9.17, 15) is 18.4 Å². The summed E-state index contributed by atoms with van der Waals surface area (Å²) in [4.78, 5) is 26.4. The predicted molar refractivity (Wildman–Crippen MR) is 98.2 cm³/mol. The second-order valence-electron chi connectivity index (χ2n) is 7.43. The molecule has 148 valence electrons. The molecule has 2 atom stereocenters. The Morgan fingerprint density at radius 3 is 2.81 bits per heavy atom. The fourth-order valence-corrected chi connectivity index (χ4v) is 3.96. The van der Waals surface area contributed by atoms with Crippen LogP contribution in [0.2, 0.25) is 0 Å². The maximum Gasteiger partial charge on any atom is 0.239 e. The lowest BCUT2D eigenvalue weighted by atomic mass is 9.86. The molecule has 5 nitrogen and oxygen atoms in total. The van der Waals surface area contributed by atoms with E-state index in [1.165, 1.54) is 6.07 Å². The van der Waals surface area contributed by atoms with Crippen LogP contribution in [0.4, 0.5) is 8.78 Å². The number of hydrogen-bond acceptors (Lipinski definition) is 3. The maximum atomic E-state index is 13.6. The van der Waals surface area contributed by atoms with E-state index in [4.69, 9.17) is 0 Å². The minimum atomic E-state index is -0.873. The van der Waals surface area contributed by atoms with Gasteiger partial charge in [0.1, 0.15) is 0 Å². The topological polar surface area (TPSA) is 61.4 Å². The lowest BCUT2D eigenvalue weighted by molar-refractivity contribution is -0.136. The van der Waals surface area contributed by atoms with E-state index in [-0.39, 0.29) is 30.3 Å². The summed E-state index contributed by atoms with van der Waals surface area (Å²) in [5, 5.41) is 6.23. The third-order valence-corrected chi connectivity index (χ3v) is 5.46. The highest BCUT2D eigenvalue weighted by Crippen LogP contribution is 2.27. The fraction of sp³-hybridized carbons (Fsp3) is 0.600. The molecule has 2 heterocycles. The van der Waals surface area contributed by atoms with E-state index in [0.29, 0.717) is 25.1 Å². The highest BCUT2D eigenvalue weighted by Gasteiger charge is 2.29. The molecule has 2 N–H and O–H groups in total. The molecule has 27 heavy (non-hydrogen) atoms. The summed E-state index contributed by atoms with van der Waals surface area (Å²) < 4.78 is 26.9. The fourth-order valence-electron chi connectivity index (χ4n) is 3.96. The number of amides is 2. The van der Waals surface area contributed by atoms with Crippen LogP contribution >= 0.6 is 0 Å². The van der Waals surface area contributed by atoms with Crippen molar-refractivity contribution in [3.8, 4) is 0 Å². The molecule has 2 aliphatic rings. The summed E-state index contributed by atoms with van der Waals surface area (Å²) in [6.45, 7) is 1.98. The number of halogens is 2. The zero-order valence-electron chi connectivity index (χ0n) is 15.5. The summed E-state index contributed by atoms with van der Waals surface area (Å²) in [5.74, 6) is -2.01. The van der Waals surface area contributed by atoms with Gasteiger partial charge in [0.15, 0.2) is 11.6 Å². The van der Waals surface area contributed by atoms with Crippen molar-refractivity contribution in [2.75, 3.05) is 26.2 Å². The molecular weight excluding hydrogens is 352 g/mol. The lowest BCUT2D eigenvalue weighted by Crippen LogP contribution is -2.52. The number of carbonyl (C=O) groups is 2. The van der Waals surface area contributed by atoms with Crippen LogP contribution < -0.4 is 10.6 Å². The molecule has 2 saturated heterocycles. The van der Waals surface area contributed by atoms with Gasteiger partial charge in [-0.15, -0.1) is 0 Å². The number of nitrogens with one attached hydrogen (secondary N) is 2. The Kier molecular flexibility index (Phi) is 6.77. The second kappa shape index (κ2) is 9.26. The number of likely N-dealkylation sites (tertiary alicyclic amines) is 1. The van der Waals surface area contributed by atoms with Gasteiger partial charge in [0, 0.05) is 31.5 Å². The highest BCUT2D eigenvalue weighted by atomic mass is 19.2. The zero-order valence-corrected chi connectivity index (χ0v) is 15.5. The van der Waals surface area contributed by atoms with Gasteiger partial charge in [-0.25, -0.2) is 8.78 Å². The average Bonchev–Trinajstić information content (AvgIpc) is 2.64. The van der Waals surface area contributed by atoms with Crippen molar-refractivity contribution in [1.82, 2.24) is 15.5 Å². The third-order valence-electron chi connectivity index (χ3n) is 5.46. The first-order valence-corrected chi connectivity index (χ1v) is 9.77. The van der Waals surface area contributed by atoms with Gasteiger partial charge < -0.3 is 15.5 Å². The molecule has 2 fully saturated rings. The number of nitrogens with zero attached hydrogens (tertiary/aromatic N) is 1. The molecule has 0 spiro atoms. The Hall–Kier alpha value is -2.02. The Morgan fingerprint density at radius 1 is 1.19 bits per heavy atom. The quantitative estimate of drug-likeness (QED) is 0.844. The zero-order chi connectivity index (χ0) is 19.2. The van der Waals surface area contributed by atoms with Crippen LogP contribution in [0.5, 0.6) is 0 Å². The number of piperidine rings is 1. The first-order chi connectivity index (χ1) is 13.0. The minimum Gasteiger partial charge on any atom is -0.350 e. The molecule has 0 aromatic heterocycles. The molecule has 0 bridgehead atoms. The maximum absolute atomic E-state index is 13.6. The van der Waals surface area contributed by atoms with Gasteiger partial charge in [0.05, 0.1) is 6.54 Å². The molecular formula is C20H27F2N3O2. The Morgan fingerprint density at radius 2 is 2.00 bits per heavy atom. The molecule has 2 amide bonds. The first-order valence-electron chi connectivity index (χ1n) is 9.77. The van der Waals surface area contributed by atoms with E-state index in [2.05, 4.69) is 10.6 Å². The first kappa shape index (κ1) is 19.7. The van der Waals surface area contributed by atoms with Crippen LogP contribution in [-0.2, 0) is 9.59 Å². The van der Waals surface area contributed by atoms with Crippen LogP contribution in [0, 0.1) is 11.6 Å². The SMILES string of the molecule is O=C(CN1CCCCCCC1=O)NC1CNCCC1c1ccc(F)c(F)c1. The summed E-state index contributed by atoms with van der Waals surface area (Å²) in [6.07, 6.45) is 5.16. The van der Waals surface area contributed by atoms with Crippen molar-refractivity contribution in [3.63, 3.8) is 0 Å². The van der Waals surface area contributed by atoms with Crippen LogP contribution in [0.1, 0.15) is 50.0 Å². The lowest BCUT2D eigenvalue weighted by Gasteiger charge is -2.34. The molecule has 0 aliphatic carbocycles. The van der Waals surface area contributed by atoms with Crippen molar-refractivity contribution in [3.05, 3.63) is 35.4 Å².